The number of hydrogen-bond donors (Lipinski definition) is 1. The fraction of sp³-hybridized carbons (Fsp3) is 0.529. The van der Waals surface area contributed by atoms with E-state index in [2.05, 4.69) is 29.4 Å². The first-order valence-electron chi connectivity index (χ1n) is 7.84. The second-order valence-electron chi connectivity index (χ2n) is 6.45. The molecule has 1 aromatic heterocycles. The Morgan fingerprint density at radius 3 is 2.82 bits per heavy atom. The standard InChI is InChI=1S/C17H23N3O2/c1-17(2)12-21-11-9-14(17)18-10-8-15-19-20-16(22-15)13-6-4-3-5-7-13/h3-7,14,18H,8-12H2,1-2H3. The van der Waals surface area contributed by atoms with Crippen molar-refractivity contribution >= 4 is 0 Å². The maximum atomic E-state index is 5.72. The predicted molar refractivity (Wildman–Crippen MR) is 84.4 cm³/mol. The summed E-state index contributed by atoms with van der Waals surface area (Å²) >= 11 is 0. The van der Waals surface area contributed by atoms with Gasteiger partial charge in [-0.05, 0) is 18.6 Å². The molecule has 2 aromatic rings. The third kappa shape index (κ3) is 3.54. The zero-order valence-corrected chi connectivity index (χ0v) is 13.2. The summed E-state index contributed by atoms with van der Waals surface area (Å²) in [6.07, 6.45) is 1.79. The Kier molecular flexibility index (Phi) is 4.55. The van der Waals surface area contributed by atoms with Crippen LogP contribution in [0, 0.1) is 5.41 Å². The van der Waals surface area contributed by atoms with E-state index in [1.165, 1.54) is 0 Å². The van der Waals surface area contributed by atoms with Crippen LogP contribution in [-0.2, 0) is 11.2 Å². The van der Waals surface area contributed by atoms with Gasteiger partial charge in [-0.3, -0.25) is 0 Å². The summed E-state index contributed by atoms with van der Waals surface area (Å²) in [5.74, 6) is 1.26. The first-order valence-corrected chi connectivity index (χ1v) is 7.84. The van der Waals surface area contributed by atoms with Crippen LogP contribution in [0.5, 0.6) is 0 Å². The topological polar surface area (TPSA) is 60.2 Å². The van der Waals surface area contributed by atoms with E-state index in [4.69, 9.17) is 9.15 Å². The summed E-state index contributed by atoms with van der Waals surface area (Å²) in [5, 5.41) is 11.8. The molecule has 0 bridgehead atoms. The molecule has 1 atom stereocenters. The molecule has 0 saturated carbocycles. The normalized spacial score (nSPS) is 20.9. The van der Waals surface area contributed by atoms with Crippen molar-refractivity contribution in [1.29, 1.82) is 0 Å². The molecule has 1 unspecified atom stereocenters. The zero-order chi connectivity index (χ0) is 15.4. The van der Waals surface area contributed by atoms with E-state index in [9.17, 15) is 0 Å². The van der Waals surface area contributed by atoms with E-state index in [-0.39, 0.29) is 5.41 Å². The third-order valence-electron chi connectivity index (χ3n) is 4.19. The average Bonchev–Trinajstić information content (AvgIpc) is 2.99. The van der Waals surface area contributed by atoms with Crippen molar-refractivity contribution in [2.45, 2.75) is 32.7 Å². The summed E-state index contributed by atoms with van der Waals surface area (Å²) in [6.45, 7) is 6.96. The van der Waals surface area contributed by atoms with Crippen molar-refractivity contribution in [1.82, 2.24) is 15.5 Å². The summed E-state index contributed by atoms with van der Waals surface area (Å²) < 4.78 is 11.3. The van der Waals surface area contributed by atoms with Crippen LogP contribution in [0.15, 0.2) is 34.7 Å². The Morgan fingerprint density at radius 2 is 2.05 bits per heavy atom. The first-order chi connectivity index (χ1) is 10.6. The number of rotatable bonds is 5. The van der Waals surface area contributed by atoms with E-state index in [0.29, 0.717) is 17.8 Å². The van der Waals surface area contributed by atoms with Crippen molar-refractivity contribution in [3.63, 3.8) is 0 Å². The van der Waals surface area contributed by atoms with Crippen LogP contribution in [0.1, 0.15) is 26.2 Å². The van der Waals surface area contributed by atoms with E-state index in [0.717, 1.165) is 38.2 Å². The van der Waals surface area contributed by atoms with Crippen molar-refractivity contribution in [3.05, 3.63) is 36.2 Å². The van der Waals surface area contributed by atoms with Gasteiger partial charge in [0.05, 0.1) is 6.61 Å². The minimum atomic E-state index is 0.169. The Bertz CT molecular complexity index is 595. The second-order valence-corrected chi connectivity index (χ2v) is 6.45. The molecule has 5 heteroatoms. The number of benzene rings is 1. The molecular weight excluding hydrogens is 278 g/mol. The maximum absolute atomic E-state index is 5.72. The minimum Gasteiger partial charge on any atom is -0.421 e. The van der Waals surface area contributed by atoms with E-state index in [1.54, 1.807) is 0 Å². The van der Waals surface area contributed by atoms with Crippen LogP contribution in [0.4, 0.5) is 0 Å². The zero-order valence-electron chi connectivity index (χ0n) is 13.2. The number of nitrogens with one attached hydrogen (secondary N) is 1. The minimum absolute atomic E-state index is 0.169. The van der Waals surface area contributed by atoms with E-state index >= 15 is 0 Å². The molecule has 2 heterocycles. The summed E-state index contributed by atoms with van der Waals surface area (Å²) in [6, 6.07) is 10.3. The lowest BCUT2D eigenvalue weighted by Crippen LogP contribution is -2.49. The molecule has 1 saturated heterocycles. The Morgan fingerprint density at radius 1 is 1.23 bits per heavy atom. The van der Waals surface area contributed by atoms with Crippen LogP contribution in [0.3, 0.4) is 0 Å². The summed E-state index contributed by atoms with van der Waals surface area (Å²) in [4.78, 5) is 0. The lowest BCUT2D eigenvalue weighted by atomic mass is 9.82. The molecule has 22 heavy (non-hydrogen) atoms. The van der Waals surface area contributed by atoms with Crippen molar-refractivity contribution in [2.75, 3.05) is 19.8 Å². The summed E-state index contributed by atoms with van der Waals surface area (Å²) in [5.41, 5.74) is 1.13. The Labute approximate surface area is 131 Å². The largest absolute Gasteiger partial charge is 0.421 e. The molecule has 0 radical (unpaired) electrons. The van der Waals surface area contributed by atoms with E-state index in [1.807, 2.05) is 30.3 Å². The highest BCUT2D eigenvalue weighted by Crippen LogP contribution is 2.27. The SMILES string of the molecule is CC1(C)COCCC1NCCc1nnc(-c2ccccc2)o1. The molecule has 1 N–H and O–H groups in total. The Hall–Kier alpha value is -1.72. The quantitative estimate of drug-likeness (QED) is 0.920. The number of ether oxygens (including phenoxy) is 1. The second kappa shape index (κ2) is 6.58. The van der Waals surface area contributed by atoms with Gasteiger partial charge in [0, 0.05) is 36.6 Å². The van der Waals surface area contributed by atoms with Crippen molar-refractivity contribution in [3.8, 4) is 11.5 Å². The van der Waals surface area contributed by atoms with Gasteiger partial charge in [0.15, 0.2) is 0 Å². The van der Waals surface area contributed by atoms with Crippen LogP contribution in [0.2, 0.25) is 0 Å². The molecular formula is C17H23N3O2. The molecule has 1 aromatic carbocycles. The molecule has 5 nitrogen and oxygen atoms in total. The van der Waals surface area contributed by atoms with Gasteiger partial charge in [-0.2, -0.15) is 0 Å². The lowest BCUT2D eigenvalue weighted by Gasteiger charge is -2.38. The third-order valence-corrected chi connectivity index (χ3v) is 4.19. The average molecular weight is 301 g/mol. The molecule has 1 aliphatic heterocycles. The molecule has 3 rings (SSSR count). The van der Waals surface area contributed by atoms with Crippen molar-refractivity contribution in [2.24, 2.45) is 5.41 Å². The predicted octanol–water partition coefficient (Wildman–Crippen LogP) is 2.68. The van der Waals surface area contributed by atoms with Crippen LogP contribution in [0.25, 0.3) is 11.5 Å². The first kappa shape index (κ1) is 15.2. The van der Waals surface area contributed by atoms with Gasteiger partial charge in [-0.15, -0.1) is 10.2 Å². The van der Waals surface area contributed by atoms with Crippen molar-refractivity contribution < 1.29 is 9.15 Å². The maximum Gasteiger partial charge on any atom is 0.247 e. The van der Waals surface area contributed by atoms with E-state index < -0.39 is 0 Å². The molecule has 0 spiro atoms. The smallest absolute Gasteiger partial charge is 0.247 e. The van der Waals surface area contributed by atoms with Gasteiger partial charge in [-0.25, -0.2) is 0 Å². The highest BCUT2D eigenvalue weighted by molar-refractivity contribution is 5.51. The number of hydrogen-bond acceptors (Lipinski definition) is 5. The number of nitrogens with zero attached hydrogens (tertiary/aromatic N) is 2. The molecule has 0 aliphatic carbocycles. The van der Waals surface area contributed by atoms with Crippen LogP contribution >= 0.6 is 0 Å². The molecule has 118 valence electrons. The van der Waals surface area contributed by atoms with Gasteiger partial charge in [0.2, 0.25) is 11.8 Å². The fourth-order valence-electron chi connectivity index (χ4n) is 2.81. The van der Waals surface area contributed by atoms with Gasteiger partial charge in [0.25, 0.3) is 0 Å². The van der Waals surface area contributed by atoms with Crippen LogP contribution < -0.4 is 5.32 Å². The summed E-state index contributed by atoms with van der Waals surface area (Å²) in [7, 11) is 0. The molecule has 1 fully saturated rings. The molecule has 0 amide bonds. The fourth-order valence-corrected chi connectivity index (χ4v) is 2.81. The van der Waals surface area contributed by atoms with Gasteiger partial charge in [-0.1, -0.05) is 32.0 Å². The van der Waals surface area contributed by atoms with Crippen LogP contribution in [-0.4, -0.2) is 36.0 Å². The monoisotopic (exact) mass is 301 g/mol. The van der Waals surface area contributed by atoms with Gasteiger partial charge < -0.3 is 14.5 Å². The Balaban J connectivity index is 1.53. The highest BCUT2D eigenvalue weighted by Gasteiger charge is 2.32. The van der Waals surface area contributed by atoms with Gasteiger partial charge >= 0.3 is 0 Å². The van der Waals surface area contributed by atoms with Gasteiger partial charge in [0.1, 0.15) is 0 Å². The lowest BCUT2D eigenvalue weighted by molar-refractivity contribution is -0.0129. The molecule has 1 aliphatic rings. The highest BCUT2D eigenvalue weighted by atomic mass is 16.5. The number of aromatic nitrogens is 2.